The Balaban J connectivity index is 2.19. The van der Waals surface area contributed by atoms with Crippen LogP contribution in [0.15, 0.2) is 34.6 Å². The summed E-state index contributed by atoms with van der Waals surface area (Å²) < 4.78 is 7.71. The zero-order chi connectivity index (χ0) is 16.7. The minimum Gasteiger partial charge on any atom is -0.494 e. The fourth-order valence-corrected chi connectivity index (χ4v) is 3.51. The first kappa shape index (κ1) is 17.8. The highest BCUT2D eigenvalue weighted by Gasteiger charge is 2.05. The summed E-state index contributed by atoms with van der Waals surface area (Å²) in [5.41, 5.74) is 2.15. The number of benzene rings is 1. The van der Waals surface area contributed by atoms with Gasteiger partial charge in [0.1, 0.15) is 11.4 Å². The third kappa shape index (κ3) is 4.69. The zero-order valence-electron chi connectivity index (χ0n) is 14.6. The zero-order valence-corrected chi connectivity index (χ0v) is 15.4. The molecule has 0 spiro atoms. The maximum atomic E-state index is 5.40. The Morgan fingerprint density at radius 2 is 1.96 bits per heavy atom. The van der Waals surface area contributed by atoms with Crippen LogP contribution < -0.4 is 9.54 Å². The number of para-hydroxylation sites is 2. The Morgan fingerprint density at radius 1 is 1.22 bits per heavy atom. The second-order valence-corrected chi connectivity index (χ2v) is 6.31. The van der Waals surface area contributed by atoms with Crippen molar-refractivity contribution in [2.75, 3.05) is 26.7 Å². The average molecular weight is 334 g/mol. The summed E-state index contributed by atoms with van der Waals surface area (Å²) in [5.74, 6) is 0.813. The molecule has 126 valence electrons. The summed E-state index contributed by atoms with van der Waals surface area (Å²) in [6, 6.07) is 7.90. The molecule has 0 saturated heterocycles. The number of nitrogens with zero attached hydrogens (tertiary/aromatic N) is 3. The maximum absolute atomic E-state index is 5.40. The lowest BCUT2D eigenvalue weighted by molar-refractivity contribution is 0.292. The van der Waals surface area contributed by atoms with E-state index in [1.807, 2.05) is 24.3 Å². The van der Waals surface area contributed by atoms with Gasteiger partial charge in [0, 0.05) is 17.6 Å². The van der Waals surface area contributed by atoms with Gasteiger partial charge in [-0.1, -0.05) is 26.0 Å². The number of rotatable bonds is 8. The van der Waals surface area contributed by atoms with Crippen LogP contribution in [0.2, 0.25) is 0 Å². The lowest BCUT2D eigenvalue weighted by Crippen LogP contribution is -2.26. The van der Waals surface area contributed by atoms with Crippen molar-refractivity contribution in [2.24, 2.45) is 4.99 Å². The fourth-order valence-electron chi connectivity index (χ4n) is 2.59. The highest BCUT2D eigenvalue weighted by atomic mass is 32.1. The molecule has 0 amide bonds. The number of ether oxygens (including phenoxy) is 1. The Bertz CT molecular complexity index is 671. The van der Waals surface area contributed by atoms with Crippen molar-refractivity contribution in [3.8, 4) is 5.75 Å². The van der Waals surface area contributed by atoms with E-state index in [2.05, 4.69) is 35.6 Å². The summed E-state index contributed by atoms with van der Waals surface area (Å²) in [5, 5.41) is 2.17. The lowest BCUT2D eigenvalue weighted by atomic mass is 10.3. The second kappa shape index (κ2) is 8.89. The van der Waals surface area contributed by atoms with Gasteiger partial charge in [-0.05, 0) is 45.1 Å². The minimum atomic E-state index is 0.813. The molecular weight excluding hydrogens is 306 g/mol. The molecule has 5 heteroatoms. The monoisotopic (exact) mass is 333 g/mol. The topological polar surface area (TPSA) is 29.8 Å². The van der Waals surface area contributed by atoms with E-state index in [0.29, 0.717) is 0 Å². The van der Waals surface area contributed by atoms with Gasteiger partial charge < -0.3 is 14.2 Å². The highest BCUT2D eigenvalue weighted by molar-refractivity contribution is 7.07. The summed E-state index contributed by atoms with van der Waals surface area (Å²) in [6.07, 6.45) is 1.14. The molecule has 0 aliphatic heterocycles. The van der Waals surface area contributed by atoms with Gasteiger partial charge in [-0.3, -0.25) is 0 Å². The normalized spacial score (nSPS) is 12.1. The lowest BCUT2D eigenvalue weighted by Gasteiger charge is -2.18. The molecule has 1 heterocycles. The van der Waals surface area contributed by atoms with E-state index >= 15 is 0 Å². The molecule has 1 aromatic heterocycles. The summed E-state index contributed by atoms with van der Waals surface area (Å²) in [6.45, 7) is 10.9. The van der Waals surface area contributed by atoms with E-state index < -0.39 is 0 Å². The van der Waals surface area contributed by atoms with Crippen LogP contribution in [-0.4, -0.2) is 36.2 Å². The molecule has 0 unspecified atom stereocenters. The largest absolute Gasteiger partial charge is 0.494 e. The van der Waals surface area contributed by atoms with E-state index in [0.717, 1.165) is 48.8 Å². The molecule has 2 rings (SSSR count). The van der Waals surface area contributed by atoms with Crippen LogP contribution >= 0.6 is 11.3 Å². The molecule has 0 saturated carbocycles. The molecule has 0 atom stereocenters. The van der Waals surface area contributed by atoms with E-state index in [4.69, 9.17) is 9.73 Å². The Morgan fingerprint density at radius 3 is 2.65 bits per heavy atom. The Labute approximate surface area is 143 Å². The molecule has 23 heavy (non-hydrogen) atoms. The Hall–Kier alpha value is -1.59. The first-order valence-corrected chi connectivity index (χ1v) is 9.12. The standard InChI is InChI=1S/C18H27N3OS/c1-5-20(6-2)12-9-13-21-15(3)14-23-18(21)19-16-10-7-8-11-17(16)22-4/h7-8,10-11,14H,5-6,9,12-13H2,1-4H3. The van der Waals surface area contributed by atoms with Crippen LogP contribution in [0.25, 0.3) is 0 Å². The van der Waals surface area contributed by atoms with Gasteiger partial charge in [0.05, 0.1) is 7.11 Å². The average Bonchev–Trinajstić information content (AvgIpc) is 2.92. The van der Waals surface area contributed by atoms with Crippen LogP contribution in [-0.2, 0) is 6.54 Å². The van der Waals surface area contributed by atoms with Crippen LogP contribution in [0, 0.1) is 6.92 Å². The van der Waals surface area contributed by atoms with Crippen LogP contribution in [0.1, 0.15) is 26.0 Å². The molecular formula is C18H27N3OS. The number of aryl methyl sites for hydroxylation is 1. The van der Waals surface area contributed by atoms with Gasteiger partial charge in [-0.15, -0.1) is 11.3 Å². The molecule has 0 radical (unpaired) electrons. The molecule has 0 fully saturated rings. The highest BCUT2D eigenvalue weighted by Crippen LogP contribution is 2.25. The minimum absolute atomic E-state index is 0.813. The van der Waals surface area contributed by atoms with Gasteiger partial charge in [0.25, 0.3) is 0 Å². The van der Waals surface area contributed by atoms with Gasteiger partial charge in [-0.25, -0.2) is 4.99 Å². The van der Waals surface area contributed by atoms with E-state index in [-0.39, 0.29) is 0 Å². The smallest absolute Gasteiger partial charge is 0.190 e. The molecule has 0 bridgehead atoms. The van der Waals surface area contributed by atoms with Crippen molar-refractivity contribution in [1.29, 1.82) is 0 Å². The van der Waals surface area contributed by atoms with Crippen molar-refractivity contribution in [3.63, 3.8) is 0 Å². The summed E-state index contributed by atoms with van der Waals surface area (Å²) in [7, 11) is 1.69. The quantitative estimate of drug-likeness (QED) is 0.735. The first-order valence-electron chi connectivity index (χ1n) is 8.24. The van der Waals surface area contributed by atoms with Crippen LogP contribution in [0.3, 0.4) is 0 Å². The fraction of sp³-hybridized carbons (Fsp3) is 0.500. The maximum Gasteiger partial charge on any atom is 0.190 e. The van der Waals surface area contributed by atoms with Crippen molar-refractivity contribution in [2.45, 2.75) is 33.7 Å². The van der Waals surface area contributed by atoms with Crippen LogP contribution in [0.5, 0.6) is 5.75 Å². The van der Waals surface area contributed by atoms with Gasteiger partial charge in [-0.2, -0.15) is 0 Å². The number of hydrogen-bond acceptors (Lipinski definition) is 4. The summed E-state index contributed by atoms with van der Waals surface area (Å²) in [4.78, 5) is 8.31. The van der Waals surface area contributed by atoms with Crippen LogP contribution in [0.4, 0.5) is 5.69 Å². The first-order chi connectivity index (χ1) is 11.2. The molecule has 0 aliphatic carbocycles. The molecule has 1 aromatic carbocycles. The molecule has 4 nitrogen and oxygen atoms in total. The number of thiazole rings is 1. The van der Waals surface area contributed by atoms with Crippen molar-refractivity contribution in [3.05, 3.63) is 40.1 Å². The second-order valence-electron chi connectivity index (χ2n) is 5.48. The summed E-state index contributed by atoms with van der Waals surface area (Å²) >= 11 is 1.69. The molecule has 0 N–H and O–H groups in total. The van der Waals surface area contributed by atoms with E-state index in [9.17, 15) is 0 Å². The molecule has 2 aromatic rings. The van der Waals surface area contributed by atoms with Crippen molar-refractivity contribution in [1.82, 2.24) is 9.47 Å². The Kier molecular flexibility index (Phi) is 6.86. The van der Waals surface area contributed by atoms with Gasteiger partial charge in [0.2, 0.25) is 0 Å². The number of aromatic nitrogens is 1. The third-order valence-electron chi connectivity index (χ3n) is 4.04. The van der Waals surface area contributed by atoms with E-state index in [1.54, 1.807) is 18.4 Å². The van der Waals surface area contributed by atoms with Gasteiger partial charge in [0.15, 0.2) is 4.80 Å². The molecule has 0 aliphatic rings. The SMILES string of the molecule is CCN(CC)CCCn1c(C)csc1=Nc1ccccc1OC. The van der Waals surface area contributed by atoms with Gasteiger partial charge >= 0.3 is 0 Å². The van der Waals surface area contributed by atoms with Crippen molar-refractivity contribution >= 4 is 17.0 Å². The third-order valence-corrected chi connectivity index (χ3v) is 5.02. The predicted octanol–water partition coefficient (Wildman–Crippen LogP) is 3.83. The number of hydrogen-bond donors (Lipinski definition) is 0. The number of methoxy groups -OCH3 is 1. The van der Waals surface area contributed by atoms with Crippen molar-refractivity contribution < 1.29 is 4.74 Å². The predicted molar refractivity (Wildman–Crippen MR) is 97.7 cm³/mol. The van der Waals surface area contributed by atoms with E-state index in [1.165, 1.54) is 5.69 Å².